The van der Waals surface area contributed by atoms with Crippen LogP contribution in [0.5, 0.6) is 11.5 Å². The quantitative estimate of drug-likeness (QED) is 0.243. The third-order valence-electron chi connectivity index (χ3n) is 4.73. The minimum atomic E-state index is -0.514. The molecular formula is C24H21Br2NO5S. The fourth-order valence-electron chi connectivity index (χ4n) is 3.25. The van der Waals surface area contributed by atoms with Gasteiger partial charge in [-0.25, -0.2) is 4.79 Å². The molecule has 0 aliphatic carbocycles. The summed E-state index contributed by atoms with van der Waals surface area (Å²) in [7, 11) is 4.41. The van der Waals surface area contributed by atoms with Crippen molar-refractivity contribution in [3.8, 4) is 22.6 Å². The normalized spacial score (nSPS) is 10.8. The number of aryl methyl sites for hydroxylation is 1. The Bertz CT molecular complexity index is 1220. The van der Waals surface area contributed by atoms with Crippen LogP contribution in [-0.2, 0) is 9.53 Å². The molecule has 0 atom stereocenters. The molecule has 1 N–H and O–H groups in total. The van der Waals surface area contributed by atoms with E-state index in [1.165, 1.54) is 24.5 Å². The number of thiophene rings is 1. The van der Waals surface area contributed by atoms with Crippen LogP contribution in [0.2, 0.25) is 0 Å². The predicted molar refractivity (Wildman–Crippen MR) is 138 cm³/mol. The number of rotatable bonds is 7. The first-order valence-corrected chi connectivity index (χ1v) is 12.1. The van der Waals surface area contributed by atoms with Crippen molar-refractivity contribution in [3.05, 3.63) is 67.4 Å². The van der Waals surface area contributed by atoms with Crippen molar-refractivity contribution in [1.29, 1.82) is 0 Å². The molecule has 0 radical (unpaired) electrons. The lowest BCUT2D eigenvalue weighted by atomic mass is 10.0. The number of esters is 1. The van der Waals surface area contributed by atoms with Gasteiger partial charge in [0.1, 0.15) is 10.6 Å². The molecule has 6 nitrogen and oxygen atoms in total. The van der Waals surface area contributed by atoms with Crippen molar-refractivity contribution in [2.75, 3.05) is 26.6 Å². The Morgan fingerprint density at radius 3 is 2.33 bits per heavy atom. The summed E-state index contributed by atoms with van der Waals surface area (Å²) in [5, 5.41) is 3.25. The lowest BCUT2D eigenvalue weighted by molar-refractivity contribution is -0.111. The van der Waals surface area contributed by atoms with E-state index in [1.807, 2.05) is 37.3 Å². The van der Waals surface area contributed by atoms with Gasteiger partial charge in [0.05, 0.1) is 25.8 Å². The van der Waals surface area contributed by atoms with E-state index in [9.17, 15) is 9.59 Å². The summed E-state index contributed by atoms with van der Waals surface area (Å²) in [6.07, 6.45) is 3.04. The van der Waals surface area contributed by atoms with Gasteiger partial charge >= 0.3 is 5.97 Å². The maximum absolute atomic E-state index is 12.7. The number of carbonyl (C=O) groups excluding carboxylic acids is 2. The minimum Gasteiger partial charge on any atom is -0.493 e. The first kappa shape index (κ1) is 25.0. The number of nitrogens with one attached hydrogen (secondary N) is 1. The zero-order valence-electron chi connectivity index (χ0n) is 18.3. The molecule has 0 bridgehead atoms. The van der Waals surface area contributed by atoms with Crippen molar-refractivity contribution in [2.45, 2.75) is 6.92 Å². The molecule has 172 valence electrons. The number of carbonyl (C=O) groups is 2. The smallest absolute Gasteiger partial charge is 0.341 e. The molecule has 0 aliphatic heterocycles. The van der Waals surface area contributed by atoms with E-state index in [4.69, 9.17) is 14.2 Å². The van der Waals surface area contributed by atoms with Crippen molar-refractivity contribution < 1.29 is 23.8 Å². The van der Waals surface area contributed by atoms with Crippen molar-refractivity contribution in [1.82, 2.24) is 0 Å². The summed E-state index contributed by atoms with van der Waals surface area (Å²) in [4.78, 5) is 26.2. The molecule has 0 saturated heterocycles. The number of halogens is 2. The molecule has 0 fully saturated rings. The van der Waals surface area contributed by atoms with Gasteiger partial charge in [0.25, 0.3) is 0 Å². The van der Waals surface area contributed by atoms with E-state index in [2.05, 4.69) is 37.2 Å². The second-order valence-corrected chi connectivity index (χ2v) is 9.79. The molecule has 3 rings (SSSR count). The van der Waals surface area contributed by atoms with E-state index in [1.54, 1.807) is 26.4 Å². The standard InChI is InChI=1S/C24H21Br2NO5S/c1-13-20(15-6-8-16(25)9-7-15)21(24(29)32-4)23(33-13)27-19(28)10-5-14-11-17(26)22(31-3)18(12-14)30-2/h5-12H,1-4H3,(H,27,28)/b10-5+. The van der Waals surface area contributed by atoms with E-state index < -0.39 is 5.97 Å². The highest BCUT2D eigenvalue weighted by atomic mass is 79.9. The van der Waals surface area contributed by atoms with E-state index >= 15 is 0 Å². The maximum atomic E-state index is 12.7. The molecule has 0 aliphatic rings. The number of hydrogen-bond acceptors (Lipinski definition) is 6. The average molecular weight is 595 g/mol. The zero-order chi connectivity index (χ0) is 24.1. The fraction of sp³-hybridized carbons (Fsp3) is 0.167. The van der Waals surface area contributed by atoms with Gasteiger partial charge in [-0.05, 0) is 64.3 Å². The van der Waals surface area contributed by atoms with Gasteiger partial charge in [0.15, 0.2) is 11.5 Å². The number of ether oxygens (including phenoxy) is 3. The van der Waals surface area contributed by atoms with Crippen LogP contribution in [0.1, 0.15) is 20.8 Å². The van der Waals surface area contributed by atoms with E-state index in [0.717, 1.165) is 26.0 Å². The molecule has 9 heteroatoms. The summed E-state index contributed by atoms with van der Waals surface area (Å²) in [5.41, 5.74) is 2.67. The van der Waals surface area contributed by atoms with Crippen LogP contribution in [0.4, 0.5) is 5.00 Å². The van der Waals surface area contributed by atoms with Gasteiger partial charge in [0.2, 0.25) is 5.91 Å². The highest BCUT2D eigenvalue weighted by Crippen LogP contribution is 2.41. The van der Waals surface area contributed by atoms with Crippen LogP contribution in [0.15, 0.2) is 51.4 Å². The molecule has 2 aromatic carbocycles. The van der Waals surface area contributed by atoms with Gasteiger partial charge in [-0.3, -0.25) is 4.79 Å². The monoisotopic (exact) mass is 593 g/mol. The molecule has 3 aromatic rings. The first-order chi connectivity index (χ1) is 15.8. The van der Waals surface area contributed by atoms with Crippen molar-refractivity contribution >= 4 is 66.2 Å². The molecule has 33 heavy (non-hydrogen) atoms. The third-order valence-corrected chi connectivity index (χ3v) is 6.86. The molecule has 0 saturated carbocycles. The van der Waals surface area contributed by atoms with Gasteiger partial charge in [-0.2, -0.15) is 0 Å². The predicted octanol–water partition coefficient (Wildman–Crippen LogP) is 6.70. The number of methoxy groups -OCH3 is 3. The average Bonchev–Trinajstić information content (AvgIpc) is 3.12. The SMILES string of the molecule is COC(=O)c1c(NC(=O)/C=C/c2cc(Br)c(OC)c(OC)c2)sc(C)c1-c1ccc(Br)cc1. The van der Waals surface area contributed by atoms with Crippen LogP contribution >= 0.6 is 43.2 Å². The van der Waals surface area contributed by atoms with Crippen LogP contribution in [0, 0.1) is 6.92 Å². The Kier molecular flexibility index (Phi) is 8.34. The Morgan fingerprint density at radius 1 is 1.03 bits per heavy atom. The second kappa shape index (κ2) is 11.0. The molecule has 0 spiro atoms. The van der Waals surface area contributed by atoms with Crippen molar-refractivity contribution in [3.63, 3.8) is 0 Å². The number of benzene rings is 2. The molecule has 1 heterocycles. The molecule has 0 unspecified atom stereocenters. The van der Waals surface area contributed by atoms with Gasteiger partial charge in [0, 0.05) is 21.0 Å². The Labute approximate surface area is 212 Å². The van der Waals surface area contributed by atoms with E-state index in [-0.39, 0.29) is 5.91 Å². The number of anilines is 1. The van der Waals surface area contributed by atoms with Crippen LogP contribution in [0.3, 0.4) is 0 Å². The molecule has 1 aromatic heterocycles. The minimum absolute atomic E-state index is 0.331. The molecular weight excluding hydrogens is 574 g/mol. The van der Waals surface area contributed by atoms with Crippen LogP contribution in [0.25, 0.3) is 17.2 Å². The summed E-state index contributed by atoms with van der Waals surface area (Å²) in [6.45, 7) is 1.90. The lowest BCUT2D eigenvalue weighted by Gasteiger charge is -2.10. The maximum Gasteiger partial charge on any atom is 0.341 e. The first-order valence-electron chi connectivity index (χ1n) is 9.67. The fourth-order valence-corrected chi connectivity index (χ4v) is 5.21. The third kappa shape index (κ3) is 5.66. The zero-order valence-corrected chi connectivity index (χ0v) is 22.3. The largest absolute Gasteiger partial charge is 0.493 e. The summed E-state index contributed by atoms with van der Waals surface area (Å²) in [5.74, 6) is 0.208. The summed E-state index contributed by atoms with van der Waals surface area (Å²) in [6, 6.07) is 11.2. The Hall–Kier alpha value is -2.62. The highest BCUT2D eigenvalue weighted by molar-refractivity contribution is 9.10. The number of hydrogen-bond donors (Lipinski definition) is 1. The highest BCUT2D eigenvalue weighted by Gasteiger charge is 2.24. The molecule has 1 amide bonds. The Balaban J connectivity index is 1.91. The number of amides is 1. The second-order valence-electron chi connectivity index (χ2n) is 6.80. The van der Waals surface area contributed by atoms with Crippen molar-refractivity contribution in [2.24, 2.45) is 0 Å². The van der Waals surface area contributed by atoms with E-state index in [0.29, 0.717) is 26.5 Å². The Morgan fingerprint density at radius 2 is 1.73 bits per heavy atom. The van der Waals surface area contributed by atoms with Crippen LogP contribution in [-0.4, -0.2) is 33.2 Å². The van der Waals surface area contributed by atoms with Gasteiger partial charge in [-0.1, -0.05) is 28.1 Å². The van der Waals surface area contributed by atoms with Gasteiger partial charge < -0.3 is 19.5 Å². The van der Waals surface area contributed by atoms with Gasteiger partial charge in [-0.15, -0.1) is 11.3 Å². The summed E-state index contributed by atoms with van der Waals surface area (Å²) >= 11 is 8.19. The van der Waals surface area contributed by atoms with Crippen LogP contribution < -0.4 is 14.8 Å². The topological polar surface area (TPSA) is 73.9 Å². The summed E-state index contributed by atoms with van der Waals surface area (Å²) < 4.78 is 17.3. The lowest BCUT2D eigenvalue weighted by Crippen LogP contribution is -2.11.